The summed E-state index contributed by atoms with van der Waals surface area (Å²) >= 11 is 0. The van der Waals surface area contributed by atoms with Crippen LogP contribution in [0.4, 0.5) is 0 Å². The first-order chi connectivity index (χ1) is 12.1. The van der Waals surface area contributed by atoms with E-state index in [-0.39, 0.29) is 18.4 Å². The summed E-state index contributed by atoms with van der Waals surface area (Å²) < 4.78 is 10.4. The normalized spacial score (nSPS) is 11.3. The van der Waals surface area contributed by atoms with E-state index in [2.05, 4.69) is 10.6 Å². The lowest BCUT2D eigenvalue weighted by molar-refractivity contribution is -0.129. The molecule has 2 N–H and O–H groups in total. The first-order valence-electron chi connectivity index (χ1n) is 7.96. The lowest BCUT2D eigenvalue weighted by Crippen LogP contribution is -2.46. The van der Waals surface area contributed by atoms with Gasteiger partial charge in [-0.05, 0) is 36.8 Å². The molecular weight excluding hydrogens is 320 g/mol. The van der Waals surface area contributed by atoms with Crippen LogP contribution in [0, 0.1) is 0 Å². The molecular formula is C19H22N2O4. The number of hydrogen-bond donors (Lipinski definition) is 2. The van der Waals surface area contributed by atoms with E-state index in [1.54, 1.807) is 26.2 Å². The average molecular weight is 342 g/mol. The molecule has 132 valence electrons. The van der Waals surface area contributed by atoms with E-state index in [1.165, 1.54) is 0 Å². The molecule has 2 aromatic carbocycles. The minimum absolute atomic E-state index is 0.139. The van der Waals surface area contributed by atoms with Gasteiger partial charge in [0.25, 0.3) is 5.91 Å². The van der Waals surface area contributed by atoms with E-state index in [9.17, 15) is 9.59 Å². The fourth-order valence-electron chi connectivity index (χ4n) is 2.10. The highest BCUT2D eigenvalue weighted by atomic mass is 16.5. The molecule has 0 radical (unpaired) electrons. The Hall–Kier alpha value is -3.02. The van der Waals surface area contributed by atoms with Gasteiger partial charge in [0.05, 0.1) is 7.11 Å². The number of amides is 2. The first-order valence-corrected chi connectivity index (χ1v) is 7.96. The highest BCUT2D eigenvalue weighted by Crippen LogP contribution is 2.11. The van der Waals surface area contributed by atoms with Gasteiger partial charge < -0.3 is 20.1 Å². The van der Waals surface area contributed by atoms with E-state index in [0.717, 1.165) is 11.3 Å². The van der Waals surface area contributed by atoms with E-state index in [4.69, 9.17) is 9.47 Å². The van der Waals surface area contributed by atoms with Crippen molar-refractivity contribution in [3.8, 4) is 11.5 Å². The summed E-state index contributed by atoms with van der Waals surface area (Å²) in [7, 11) is 1.60. The fourth-order valence-corrected chi connectivity index (χ4v) is 2.10. The minimum atomic E-state index is -0.648. The number of carbonyl (C=O) groups excluding carboxylic acids is 2. The Morgan fingerprint density at radius 2 is 1.68 bits per heavy atom. The van der Waals surface area contributed by atoms with Crippen LogP contribution in [0.25, 0.3) is 0 Å². The highest BCUT2D eigenvalue weighted by Gasteiger charge is 2.15. The largest absolute Gasteiger partial charge is 0.497 e. The monoisotopic (exact) mass is 342 g/mol. The summed E-state index contributed by atoms with van der Waals surface area (Å²) in [5, 5.41) is 5.39. The predicted octanol–water partition coefficient (Wildman–Crippen LogP) is 1.90. The molecule has 0 saturated heterocycles. The zero-order valence-corrected chi connectivity index (χ0v) is 14.3. The van der Waals surface area contributed by atoms with Crippen molar-refractivity contribution in [1.82, 2.24) is 10.6 Å². The molecule has 1 atom stereocenters. The van der Waals surface area contributed by atoms with Crippen LogP contribution in [-0.4, -0.2) is 31.6 Å². The summed E-state index contributed by atoms with van der Waals surface area (Å²) in [6, 6.07) is 15.8. The molecule has 0 spiro atoms. The quantitative estimate of drug-likeness (QED) is 0.768. The number of para-hydroxylation sites is 1. The van der Waals surface area contributed by atoms with Gasteiger partial charge in [-0.25, -0.2) is 0 Å². The van der Waals surface area contributed by atoms with E-state index >= 15 is 0 Å². The highest BCUT2D eigenvalue weighted by molar-refractivity contribution is 5.87. The maximum absolute atomic E-state index is 12.1. The van der Waals surface area contributed by atoms with Crippen LogP contribution in [0.3, 0.4) is 0 Å². The zero-order chi connectivity index (χ0) is 18.1. The summed E-state index contributed by atoms with van der Waals surface area (Å²) in [5.41, 5.74) is 0.945. The molecule has 0 aromatic heterocycles. The van der Waals surface area contributed by atoms with Gasteiger partial charge in [0.2, 0.25) is 5.91 Å². The van der Waals surface area contributed by atoms with Crippen molar-refractivity contribution in [2.45, 2.75) is 19.5 Å². The van der Waals surface area contributed by atoms with E-state index in [1.807, 2.05) is 42.5 Å². The van der Waals surface area contributed by atoms with Crippen LogP contribution < -0.4 is 20.1 Å². The third-order valence-corrected chi connectivity index (χ3v) is 3.51. The number of methoxy groups -OCH3 is 1. The molecule has 0 heterocycles. The molecule has 0 fully saturated rings. The van der Waals surface area contributed by atoms with Crippen molar-refractivity contribution in [3.63, 3.8) is 0 Å². The SMILES string of the molecule is COc1ccc(CNC(=O)[C@@H](C)NC(=O)COc2ccccc2)cc1. The third kappa shape index (κ3) is 6.18. The molecule has 6 heteroatoms. The summed E-state index contributed by atoms with van der Waals surface area (Å²) in [4.78, 5) is 23.9. The van der Waals surface area contributed by atoms with Crippen molar-refractivity contribution >= 4 is 11.8 Å². The molecule has 2 amide bonds. The van der Waals surface area contributed by atoms with Crippen molar-refractivity contribution in [2.24, 2.45) is 0 Å². The fraction of sp³-hybridized carbons (Fsp3) is 0.263. The Morgan fingerprint density at radius 1 is 1.00 bits per heavy atom. The second kappa shape index (κ2) is 9.32. The van der Waals surface area contributed by atoms with Gasteiger partial charge in [-0.3, -0.25) is 9.59 Å². The lowest BCUT2D eigenvalue weighted by atomic mass is 10.2. The van der Waals surface area contributed by atoms with Crippen LogP contribution in [0.1, 0.15) is 12.5 Å². The number of hydrogen-bond acceptors (Lipinski definition) is 4. The Bertz CT molecular complexity index is 686. The maximum Gasteiger partial charge on any atom is 0.258 e. The molecule has 0 aliphatic heterocycles. The van der Waals surface area contributed by atoms with Gasteiger partial charge in [0.1, 0.15) is 17.5 Å². The molecule has 6 nitrogen and oxygen atoms in total. The molecule has 0 aliphatic rings. The van der Waals surface area contributed by atoms with Gasteiger partial charge in [0.15, 0.2) is 6.61 Å². The van der Waals surface area contributed by atoms with E-state index < -0.39 is 6.04 Å². The van der Waals surface area contributed by atoms with Crippen molar-refractivity contribution in [1.29, 1.82) is 0 Å². The number of nitrogens with one attached hydrogen (secondary N) is 2. The lowest BCUT2D eigenvalue weighted by Gasteiger charge is -2.14. The summed E-state index contributed by atoms with van der Waals surface area (Å²) in [5.74, 6) is 0.753. The van der Waals surface area contributed by atoms with Crippen LogP contribution in [0.2, 0.25) is 0 Å². The average Bonchev–Trinajstić information content (AvgIpc) is 2.65. The van der Waals surface area contributed by atoms with E-state index in [0.29, 0.717) is 12.3 Å². The van der Waals surface area contributed by atoms with Crippen molar-refractivity contribution in [2.75, 3.05) is 13.7 Å². The number of benzene rings is 2. The number of ether oxygens (including phenoxy) is 2. The van der Waals surface area contributed by atoms with Crippen LogP contribution >= 0.6 is 0 Å². The van der Waals surface area contributed by atoms with Crippen LogP contribution in [0.15, 0.2) is 54.6 Å². The smallest absolute Gasteiger partial charge is 0.258 e. The summed E-state index contributed by atoms with van der Waals surface area (Å²) in [6.45, 7) is 1.87. The molecule has 2 aromatic rings. The molecule has 0 aliphatic carbocycles. The third-order valence-electron chi connectivity index (χ3n) is 3.51. The minimum Gasteiger partial charge on any atom is -0.497 e. The number of rotatable bonds is 8. The summed E-state index contributed by atoms with van der Waals surface area (Å²) in [6.07, 6.45) is 0. The second-order valence-electron chi connectivity index (χ2n) is 5.46. The Morgan fingerprint density at radius 3 is 2.32 bits per heavy atom. The molecule has 25 heavy (non-hydrogen) atoms. The molecule has 0 unspecified atom stereocenters. The first kappa shape index (κ1) is 18.3. The standard InChI is InChI=1S/C19H22N2O4/c1-14(21-18(22)13-25-17-6-4-3-5-7-17)19(23)20-12-15-8-10-16(24-2)11-9-15/h3-11,14H,12-13H2,1-2H3,(H,20,23)(H,21,22)/t14-/m1/s1. The van der Waals surface area contributed by atoms with Gasteiger partial charge in [-0.15, -0.1) is 0 Å². The van der Waals surface area contributed by atoms with Gasteiger partial charge in [0, 0.05) is 6.54 Å². The Labute approximate surface area is 147 Å². The second-order valence-corrected chi connectivity index (χ2v) is 5.46. The molecule has 2 rings (SSSR count). The van der Waals surface area contributed by atoms with Gasteiger partial charge in [-0.2, -0.15) is 0 Å². The topological polar surface area (TPSA) is 76.7 Å². The number of carbonyl (C=O) groups is 2. The maximum atomic E-state index is 12.1. The van der Waals surface area contributed by atoms with Crippen LogP contribution in [0.5, 0.6) is 11.5 Å². The van der Waals surface area contributed by atoms with Crippen LogP contribution in [-0.2, 0) is 16.1 Å². The van der Waals surface area contributed by atoms with Crippen molar-refractivity contribution in [3.05, 3.63) is 60.2 Å². The molecule has 0 bridgehead atoms. The van der Waals surface area contributed by atoms with Crippen molar-refractivity contribution < 1.29 is 19.1 Å². The Balaban J connectivity index is 1.72. The van der Waals surface area contributed by atoms with Gasteiger partial charge >= 0.3 is 0 Å². The zero-order valence-electron chi connectivity index (χ0n) is 14.3. The predicted molar refractivity (Wildman–Crippen MR) is 94.4 cm³/mol. The molecule has 0 saturated carbocycles. The Kier molecular flexibility index (Phi) is 6.83. The van der Waals surface area contributed by atoms with Gasteiger partial charge in [-0.1, -0.05) is 30.3 Å².